The molecule has 0 aromatic heterocycles. The van der Waals surface area contributed by atoms with E-state index in [0.717, 1.165) is 6.42 Å². The maximum absolute atomic E-state index is 12.6. The Balaban J connectivity index is 1.50. The summed E-state index contributed by atoms with van der Waals surface area (Å²) in [6.45, 7) is 4.56. The molecule has 0 aliphatic carbocycles. The van der Waals surface area contributed by atoms with E-state index in [0.29, 0.717) is 55.4 Å². The molecule has 0 atom stereocenters. The highest BCUT2D eigenvalue weighted by molar-refractivity contribution is 5.98. The van der Waals surface area contributed by atoms with Gasteiger partial charge in [0.05, 0.1) is 31.9 Å². The van der Waals surface area contributed by atoms with Gasteiger partial charge in [0.2, 0.25) is 5.91 Å². The predicted molar refractivity (Wildman–Crippen MR) is 117 cm³/mol. The number of benzene rings is 2. The Morgan fingerprint density at radius 2 is 1.74 bits per heavy atom. The van der Waals surface area contributed by atoms with Crippen molar-refractivity contribution < 1.29 is 23.9 Å². The molecule has 2 N–H and O–H groups in total. The average Bonchev–Trinajstić information content (AvgIpc) is 2.81. The van der Waals surface area contributed by atoms with E-state index in [2.05, 4.69) is 10.6 Å². The molecule has 1 heterocycles. The summed E-state index contributed by atoms with van der Waals surface area (Å²) in [7, 11) is 0. The second-order valence-corrected chi connectivity index (χ2v) is 7.10. The molecule has 0 bridgehead atoms. The first-order valence-electron chi connectivity index (χ1n) is 10.3. The van der Waals surface area contributed by atoms with Crippen LogP contribution < -0.4 is 10.6 Å². The van der Waals surface area contributed by atoms with E-state index in [9.17, 15) is 14.4 Å². The standard InChI is InChI=1S/C23H27N3O5/c1-2-12-31-23(29)17-6-8-19(9-7-17)24-16-21(27)25-20-5-3-4-18(15-20)22(28)26-10-13-30-14-11-26/h3-9,15,24H,2,10-14,16H2,1H3,(H,25,27). The zero-order valence-electron chi connectivity index (χ0n) is 17.6. The number of hydrogen-bond acceptors (Lipinski definition) is 6. The van der Waals surface area contributed by atoms with Gasteiger partial charge in [-0.15, -0.1) is 0 Å². The summed E-state index contributed by atoms with van der Waals surface area (Å²) < 4.78 is 10.4. The Morgan fingerprint density at radius 3 is 2.45 bits per heavy atom. The second kappa shape index (κ2) is 11.1. The van der Waals surface area contributed by atoms with Crippen LogP contribution in [0.4, 0.5) is 11.4 Å². The molecule has 0 radical (unpaired) electrons. The first-order chi connectivity index (χ1) is 15.1. The van der Waals surface area contributed by atoms with E-state index < -0.39 is 0 Å². The zero-order chi connectivity index (χ0) is 22.1. The molecule has 0 unspecified atom stereocenters. The molecule has 31 heavy (non-hydrogen) atoms. The molecule has 164 valence electrons. The average molecular weight is 425 g/mol. The number of amides is 2. The minimum atomic E-state index is -0.363. The van der Waals surface area contributed by atoms with E-state index in [1.54, 1.807) is 53.4 Å². The van der Waals surface area contributed by atoms with Crippen LogP contribution in [0.25, 0.3) is 0 Å². The molecule has 0 saturated carbocycles. The van der Waals surface area contributed by atoms with E-state index in [1.807, 2.05) is 6.92 Å². The summed E-state index contributed by atoms with van der Waals surface area (Å²) in [6.07, 6.45) is 0.769. The third-order valence-corrected chi connectivity index (χ3v) is 4.70. The number of carbonyl (C=O) groups is 3. The maximum Gasteiger partial charge on any atom is 0.338 e. The highest BCUT2D eigenvalue weighted by atomic mass is 16.5. The summed E-state index contributed by atoms with van der Waals surface area (Å²) in [5, 5.41) is 5.80. The largest absolute Gasteiger partial charge is 0.462 e. The molecule has 1 saturated heterocycles. The number of hydrogen-bond donors (Lipinski definition) is 2. The lowest BCUT2D eigenvalue weighted by Crippen LogP contribution is -2.40. The molecule has 8 nitrogen and oxygen atoms in total. The lowest BCUT2D eigenvalue weighted by molar-refractivity contribution is -0.114. The Kier molecular flexibility index (Phi) is 8.00. The molecular formula is C23H27N3O5. The molecule has 3 rings (SSSR count). The number of morpholine rings is 1. The van der Waals surface area contributed by atoms with Crippen LogP contribution in [0.1, 0.15) is 34.1 Å². The lowest BCUT2D eigenvalue weighted by Gasteiger charge is -2.27. The Bertz CT molecular complexity index is 908. The van der Waals surface area contributed by atoms with Crippen LogP contribution in [0, 0.1) is 0 Å². The van der Waals surface area contributed by atoms with Gasteiger partial charge in [0.25, 0.3) is 5.91 Å². The summed E-state index contributed by atoms with van der Waals surface area (Å²) in [6, 6.07) is 13.6. The molecule has 1 aliphatic rings. The number of esters is 1. The molecule has 1 fully saturated rings. The van der Waals surface area contributed by atoms with Gasteiger partial charge in [0.15, 0.2) is 0 Å². The van der Waals surface area contributed by atoms with E-state index in [-0.39, 0.29) is 24.3 Å². The fourth-order valence-electron chi connectivity index (χ4n) is 3.07. The topological polar surface area (TPSA) is 97.0 Å². The van der Waals surface area contributed by atoms with Gasteiger partial charge in [-0.2, -0.15) is 0 Å². The third kappa shape index (κ3) is 6.55. The van der Waals surface area contributed by atoms with E-state index >= 15 is 0 Å². The van der Waals surface area contributed by atoms with Crippen molar-refractivity contribution in [1.29, 1.82) is 0 Å². The SMILES string of the molecule is CCCOC(=O)c1ccc(NCC(=O)Nc2cccc(C(=O)N3CCOCC3)c2)cc1. The molecular weight excluding hydrogens is 398 g/mol. The number of ether oxygens (including phenoxy) is 2. The van der Waals surface area contributed by atoms with Crippen molar-refractivity contribution >= 4 is 29.2 Å². The minimum Gasteiger partial charge on any atom is -0.462 e. The first kappa shape index (κ1) is 22.3. The highest BCUT2D eigenvalue weighted by Crippen LogP contribution is 2.14. The summed E-state index contributed by atoms with van der Waals surface area (Å²) in [4.78, 5) is 38.5. The summed E-state index contributed by atoms with van der Waals surface area (Å²) in [5.41, 5.74) is 2.25. The van der Waals surface area contributed by atoms with Crippen molar-refractivity contribution in [1.82, 2.24) is 4.90 Å². The normalized spacial score (nSPS) is 13.4. The fourth-order valence-corrected chi connectivity index (χ4v) is 3.07. The van der Waals surface area contributed by atoms with Crippen LogP contribution in [-0.4, -0.2) is 62.1 Å². The lowest BCUT2D eigenvalue weighted by atomic mass is 10.1. The monoisotopic (exact) mass is 425 g/mol. The molecule has 1 aliphatic heterocycles. The zero-order valence-corrected chi connectivity index (χ0v) is 17.6. The van der Waals surface area contributed by atoms with Crippen molar-refractivity contribution in [3.05, 3.63) is 59.7 Å². The number of nitrogens with one attached hydrogen (secondary N) is 2. The minimum absolute atomic E-state index is 0.0429. The van der Waals surface area contributed by atoms with E-state index in [4.69, 9.17) is 9.47 Å². The van der Waals surface area contributed by atoms with Gasteiger partial charge in [-0.25, -0.2) is 4.79 Å². The van der Waals surface area contributed by atoms with Crippen LogP contribution >= 0.6 is 0 Å². The van der Waals surface area contributed by atoms with Crippen LogP contribution in [0.5, 0.6) is 0 Å². The third-order valence-electron chi connectivity index (χ3n) is 4.70. The molecule has 8 heteroatoms. The van der Waals surface area contributed by atoms with Crippen LogP contribution in [-0.2, 0) is 14.3 Å². The smallest absolute Gasteiger partial charge is 0.338 e. The van der Waals surface area contributed by atoms with Gasteiger partial charge in [0.1, 0.15) is 0 Å². The van der Waals surface area contributed by atoms with Crippen molar-refractivity contribution in [3.8, 4) is 0 Å². The molecule has 2 aromatic carbocycles. The number of nitrogens with zero attached hydrogens (tertiary/aromatic N) is 1. The van der Waals surface area contributed by atoms with Gasteiger partial charge >= 0.3 is 5.97 Å². The van der Waals surface area contributed by atoms with Gasteiger partial charge in [-0.05, 0) is 48.9 Å². The number of rotatable bonds is 8. The van der Waals surface area contributed by atoms with Gasteiger partial charge in [-0.3, -0.25) is 9.59 Å². The maximum atomic E-state index is 12.6. The van der Waals surface area contributed by atoms with Crippen molar-refractivity contribution in [2.75, 3.05) is 50.1 Å². The molecule has 2 aromatic rings. The first-order valence-corrected chi connectivity index (χ1v) is 10.3. The van der Waals surface area contributed by atoms with E-state index in [1.165, 1.54) is 0 Å². The predicted octanol–water partition coefficient (Wildman–Crippen LogP) is 2.78. The fraction of sp³-hybridized carbons (Fsp3) is 0.348. The van der Waals surface area contributed by atoms with Gasteiger partial charge in [-0.1, -0.05) is 13.0 Å². The Hall–Kier alpha value is -3.39. The van der Waals surface area contributed by atoms with Crippen LogP contribution in [0.15, 0.2) is 48.5 Å². The van der Waals surface area contributed by atoms with Crippen molar-refractivity contribution in [3.63, 3.8) is 0 Å². The van der Waals surface area contributed by atoms with Gasteiger partial charge in [0, 0.05) is 30.0 Å². The van der Waals surface area contributed by atoms with Crippen molar-refractivity contribution in [2.24, 2.45) is 0 Å². The summed E-state index contributed by atoms with van der Waals surface area (Å²) >= 11 is 0. The Morgan fingerprint density at radius 1 is 1.00 bits per heavy atom. The second-order valence-electron chi connectivity index (χ2n) is 7.10. The van der Waals surface area contributed by atoms with Crippen molar-refractivity contribution in [2.45, 2.75) is 13.3 Å². The van der Waals surface area contributed by atoms with Crippen LogP contribution in [0.3, 0.4) is 0 Å². The molecule has 0 spiro atoms. The quantitative estimate of drug-likeness (QED) is 0.632. The number of anilines is 2. The molecule has 2 amide bonds. The van der Waals surface area contributed by atoms with Gasteiger partial charge < -0.3 is 25.0 Å². The Labute approximate surface area is 181 Å². The van der Waals surface area contributed by atoms with Crippen LogP contribution in [0.2, 0.25) is 0 Å². The summed E-state index contributed by atoms with van der Waals surface area (Å²) in [5.74, 6) is -0.685. The highest BCUT2D eigenvalue weighted by Gasteiger charge is 2.18. The number of carbonyl (C=O) groups excluding carboxylic acids is 3.